The molecule has 2 amide bonds. The lowest BCUT2D eigenvalue weighted by Gasteiger charge is -2.34. The monoisotopic (exact) mass is 576 g/mol. The maximum Gasteiger partial charge on any atom is 0.247 e. The van der Waals surface area contributed by atoms with Crippen molar-refractivity contribution in [2.24, 2.45) is 0 Å². The van der Waals surface area contributed by atoms with Crippen molar-refractivity contribution in [2.75, 3.05) is 25.0 Å². The van der Waals surface area contributed by atoms with Crippen LogP contribution in [0.5, 0.6) is 0 Å². The summed E-state index contributed by atoms with van der Waals surface area (Å²) in [7, 11) is 0. The van der Waals surface area contributed by atoms with Gasteiger partial charge in [-0.05, 0) is 73.5 Å². The van der Waals surface area contributed by atoms with Gasteiger partial charge in [0.1, 0.15) is 12.1 Å². The lowest BCUT2D eigenvalue weighted by Crippen LogP contribution is -2.43. The Morgan fingerprint density at radius 1 is 1.00 bits per heavy atom. The molecule has 1 saturated heterocycles. The highest BCUT2D eigenvalue weighted by molar-refractivity contribution is 5.90. The van der Waals surface area contributed by atoms with E-state index in [0.717, 1.165) is 64.9 Å². The quantitative estimate of drug-likeness (QED) is 0.205. The SMILES string of the molecule is CCN(CC)[C@@H](C(=O)N1CCC[C@H]1c1nnc(-c2ccc3[nH]c(-c4ccc(NC(C)=O)cc4)cc3c2)o1)c1ccccc1. The van der Waals surface area contributed by atoms with Gasteiger partial charge in [0.05, 0.1) is 0 Å². The highest BCUT2D eigenvalue weighted by Gasteiger charge is 2.39. The predicted molar refractivity (Wildman–Crippen MR) is 167 cm³/mol. The van der Waals surface area contributed by atoms with Crippen LogP contribution in [0, 0.1) is 0 Å². The van der Waals surface area contributed by atoms with Gasteiger partial charge in [-0.15, -0.1) is 10.2 Å². The molecule has 1 aliphatic rings. The van der Waals surface area contributed by atoms with Gasteiger partial charge in [-0.1, -0.05) is 56.3 Å². The maximum atomic E-state index is 14.1. The number of hydrogen-bond acceptors (Lipinski definition) is 6. The fraction of sp³-hybridized carbons (Fsp3) is 0.294. The molecule has 2 N–H and O–H groups in total. The van der Waals surface area contributed by atoms with Crippen molar-refractivity contribution in [1.82, 2.24) is 25.0 Å². The van der Waals surface area contributed by atoms with Gasteiger partial charge in [-0.25, -0.2) is 0 Å². The van der Waals surface area contributed by atoms with Crippen molar-refractivity contribution in [2.45, 2.75) is 45.7 Å². The fourth-order valence-electron chi connectivity index (χ4n) is 6.02. The number of hydrogen-bond donors (Lipinski definition) is 2. The largest absolute Gasteiger partial charge is 0.418 e. The molecule has 0 bridgehead atoms. The lowest BCUT2D eigenvalue weighted by molar-refractivity contribution is -0.138. The first-order valence-electron chi connectivity index (χ1n) is 14.9. The smallest absolute Gasteiger partial charge is 0.247 e. The van der Waals surface area contributed by atoms with Crippen LogP contribution in [0.4, 0.5) is 5.69 Å². The van der Waals surface area contributed by atoms with E-state index in [1.165, 1.54) is 6.92 Å². The van der Waals surface area contributed by atoms with E-state index in [9.17, 15) is 9.59 Å². The van der Waals surface area contributed by atoms with E-state index in [4.69, 9.17) is 4.42 Å². The van der Waals surface area contributed by atoms with Gasteiger partial charge in [-0.2, -0.15) is 0 Å². The second kappa shape index (κ2) is 12.2. The number of aromatic amines is 1. The number of nitrogens with one attached hydrogen (secondary N) is 2. The fourth-order valence-corrected chi connectivity index (χ4v) is 6.02. The Morgan fingerprint density at radius 3 is 2.47 bits per heavy atom. The third-order valence-corrected chi connectivity index (χ3v) is 8.17. The second-order valence-corrected chi connectivity index (χ2v) is 10.9. The van der Waals surface area contributed by atoms with Crippen LogP contribution in [-0.2, 0) is 9.59 Å². The number of carbonyl (C=O) groups is 2. The van der Waals surface area contributed by atoms with Crippen LogP contribution in [0.2, 0.25) is 0 Å². The van der Waals surface area contributed by atoms with Crippen LogP contribution in [0.15, 0.2) is 83.3 Å². The van der Waals surface area contributed by atoms with Gasteiger partial charge in [0, 0.05) is 41.3 Å². The number of rotatable bonds is 9. The number of fused-ring (bicyclic) bond motifs is 1. The summed E-state index contributed by atoms with van der Waals surface area (Å²) in [5.74, 6) is 0.880. The zero-order valence-corrected chi connectivity index (χ0v) is 24.7. The number of likely N-dealkylation sites (N-methyl/N-ethyl adjacent to an activating group) is 1. The first-order valence-corrected chi connectivity index (χ1v) is 14.9. The number of anilines is 1. The van der Waals surface area contributed by atoms with E-state index in [1.54, 1.807) is 0 Å². The molecule has 5 aromatic rings. The molecule has 6 rings (SSSR count). The summed E-state index contributed by atoms with van der Waals surface area (Å²) >= 11 is 0. The molecule has 3 aromatic carbocycles. The van der Waals surface area contributed by atoms with Gasteiger partial charge >= 0.3 is 0 Å². The number of aromatic nitrogens is 3. The summed E-state index contributed by atoms with van der Waals surface area (Å²) in [6.45, 7) is 7.88. The summed E-state index contributed by atoms with van der Waals surface area (Å²) < 4.78 is 6.24. The Labute approximate surface area is 250 Å². The Bertz CT molecular complexity index is 1720. The molecule has 0 radical (unpaired) electrons. The Morgan fingerprint density at radius 2 is 1.74 bits per heavy atom. The van der Waals surface area contributed by atoms with E-state index in [0.29, 0.717) is 18.3 Å². The first-order chi connectivity index (χ1) is 20.9. The summed E-state index contributed by atoms with van der Waals surface area (Å²) in [5.41, 5.74) is 5.54. The van der Waals surface area contributed by atoms with Gasteiger partial charge in [0.15, 0.2) is 0 Å². The predicted octanol–water partition coefficient (Wildman–Crippen LogP) is 6.59. The molecule has 9 nitrogen and oxygen atoms in total. The highest BCUT2D eigenvalue weighted by Crippen LogP contribution is 2.37. The molecule has 0 spiro atoms. The van der Waals surface area contributed by atoms with E-state index in [-0.39, 0.29) is 23.9 Å². The molecule has 0 unspecified atom stereocenters. The molecule has 3 heterocycles. The molecule has 2 aromatic heterocycles. The average molecular weight is 577 g/mol. The molecule has 0 saturated carbocycles. The highest BCUT2D eigenvalue weighted by atomic mass is 16.4. The van der Waals surface area contributed by atoms with E-state index < -0.39 is 0 Å². The Kier molecular flexibility index (Phi) is 8.07. The number of likely N-dealkylation sites (tertiary alicyclic amines) is 1. The van der Waals surface area contributed by atoms with E-state index in [2.05, 4.69) is 45.3 Å². The normalized spacial score (nSPS) is 15.7. The molecule has 220 valence electrons. The molecular formula is C34H36N6O3. The molecule has 1 aliphatic heterocycles. The zero-order chi connectivity index (χ0) is 29.9. The molecule has 1 fully saturated rings. The Balaban J connectivity index is 1.23. The minimum atomic E-state index is -0.356. The Hall–Kier alpha value is -4.76. The summed E-state index contributed by atoms with van der Waals surface area (Å²) in [4.78, 5) is 33.0. The summed E-state index contributed by atoms with van der Waals surface area (Å²) in [6.07, 6.45) is 1.67. The van der Waals surface area contributed by atoms with Gasteiger partial charge in [0.2, 0.25) is 23.6 Å². The molecule has 2 atom stereocenters. The van der Waals surface area contributed by atoms with Gasteiger partial charge in [-0.3, -0.25) is 14.5 Å². The minimum absolute atomic E-state index is 0.0727. The minimum Gasteiger partial charge on any atom is -0.418 e. The summed E-state index contributed by atoms with van der Waals surface area (Å²) in [6, 6.07) is 25.2. The number of H-pyrrole nitrogens is 1. The topological polar surface area (TPSA) is 107 Å². The van der Waals surface area contributed by atoms with E-state index >= 15 is 0 Å². The van der Waals surface area contributed by atoms with E-state index in [1.807, 2.05) is 77.7 Å². The van der Waals surface area contributed by atoms with Crippen LogP contribution < -0.4 is 5.32 Å². The van der Waals surface area contributed by atoms with Crippen molar-refractivity contribution < 1.29 is 14.0 Å². The van der Waals surface area contributed by atoms with Crippen molar-refractivity contribution in [3.05, 3.63) is 90.3 Å². The van der Waals surface area contributed by atoms with Crippen LogP contribution in [0.3, 0.4) is 0 Å². The summed E-state index contributed by atoms with van der Waals surface area (Å²) in [5, 5.41) is 12.6. The van der Waals surface area contributed by atoms with Gasteiger partial charge < -0.3 is 19.6 Å². The molecule has 43 heavy (non-hydrogen) atoms. The average Bonchev–Trinajstić information content (AvgIpc) is 3.79. The second-order valence-electron chi connectivity index (χ2n) is 10.9. The zero-order valence-electron chi connectivity index (χ0n) is 24.7. The van der Waals surface area contributed by atoms with Crippen LogP contribution >= 0.6 is 0 Å². The number of amides is 2. The molecule has 0 aliphatic carbocycles. The third kappa shape index (κ3) is 5.81. The van der Waals surface area contributed by atoms with Crippen molar-refractivity contribution >= 4 is 28.4 Å². The molecular weight excluding hydrogens is 540 g/mol. The van der Waals surface area contributed by atoms with Crippen LogP contribution in [-0.4, -0.2) is 56.4 Å². The van der Waals surface area contributed by atoms with Crippen molar-refractivity contribution in [1.29, 1.82) is 0 Å². The maximum absolute atomic E-state index is 14.1. The lowest BCUT2D eigenvalue weighted by atomic mass is 10.0. The third-order valence-electron chi connectivity index (χ3n) is 8.17. The number of benzene rings is 3. The van der Waals surface area contributed by atoms with Gasteiger partial charge in [0.25, 0.3) is 0 Å². The number of carbonyl (C=O) groups excluding carboxylic acids is 2. The standard InChI is InChI=1S/C34H36N6O3/c1-4-39(5-2)31(24-10-7-6-8-11-24)34(42)40-19-9-12-30(40)33-38-37-32(43-33)25-15-18-28-26(20-25)21-29(36-28)23-13-16-27(17-14-23)35-22(3)41/h6-8,10-11,13-18,20-21,30-31,36H,4-5,9,12,19H2,1-3H3,(H,35,41)/t30-,31+/m0/s1. The first kappa shape index (κ1) is 28.4. The number of nitrogens with zero attached hydrogens (tertiary/aromatic N) is 4. The molecule has 9 heteroatoms. The van der Waals surface area contributed by atoms with Crippen molar-refractivity contribution in [3.8, 4) is 22.7 Å². The van der Waals surface area contributed by atoms with Crippen LogP contribution in [0.1, 0.15) is 57.2 Å². The van der Waals surface area contributed by atoms with Crippen LogP contribution in [0.25, 0.3) is 33.6 Å². The van der Waals surface area contributed by atoms with Crippen molar-refractivity contribution in [3.63, 3.8) is 0 Å².